The number of amides is 1. The lowest BCUT2D eigenvalue weighted by Gasteiger charge is -2.21. The second-order valence-corrected chi connectivity index (χ2v) is 6.27. The van der Waals surface area contributed by atoms with Crippen LogP contribution in [0.15, 0.2) is 30.3 Å². The third-order valence-corrected chi connectivity index (χ3v) is 4.11. The molecule has 0 aliphatic carbocycles. The van der Waals surface area contributed by atoms with Crippen LogP contribution in [-0.4, -0.2) is 41.0 Å². The standard InChI is InChI=1S/C19H24N2O4/c1-11-15(13(3)22)12(2)20-16(11)19(24)25-17(18(23)21(4)5)14-9-7-6-8-10-14/h6-10,13,17,20,22H,1-5H3/t13-,17+/m0/s1. The van der Waals surface area contributed by atoms with Crippen LogP contribution < -0.4 is 0 Å². The van der Waals surface area contributed by atoms with Crippen molar-refractivity contribution in [3.05, 3.63) is 58.4 Å². The zero-order valence-corrected chi connectivity index (χ0v) is 15.2. The van der Waals surface area contributed by atoms with Gasteiger partial charge in [0.05, 0.1) is 6.10 Å². The van der Waals surface area contributed by atoms with Crippen LogP contribution >= 0.6 is 0 Å². The minimum Gasteiger partial charge on any atom is -0.443 e. The predicted octanol–water partition coefficient (Wildman–Crippen LogP) is 2.67. The van der Waals surface area contributed by atoms with Gasteiger partial charge >= 0.3 is 5.97 Å². The fraction of sp³-hybridized carbons (Fsp3) is 0.368. The van der Waals surface area contributed by atoms with Gasteiger partial charge in [-0.05, 0) is 26.3 Å². The SMILES string of the molecule is Cc1[nH]c(C(=O)O[C@@H](C(=O)N(C)C)c2ccccc2)c(C)c1[C@H](C)O. The van der Waals surface area contributed by atoms with Crippen molar-refractivity contribution in [2.45, 2.75) is 33.0 Å². The molecule has 6 heteroatoms. The molecule has 0 bridgehead atoms. The summed E-state index contributed by atoms with van der Waals surface area (Å²) in [5, 5.41) is 9.87. The normalized spacial score (nSPS) is 13.2. The van der Waals surface area contributed by atoms with Crippen molar-refractivity contribution in [1.29, 1.82) is 0 Å². The van der Waals surface area contributed by atoms with E-state index >= 15 is 0 Å². The molecule has 2 N–H and O–H groups in total. The Bertz CT molecular complexity index is 763. The summed E-state index contributed by atoms with van der Waals surface area (Å²) in [6, 6.07) is 8.89. The molecule has 0 aliphatic heterocycles. The van der Waals surface area contributed by atoms with E-state index < -0.39 is 18.2 Å². The van der Waals surface area contributed by atoms with E-state index in [1.165, 1.54) is 4.90 Å². The number of benzene rings is 1. The lowest BCUT2D eigenvalue weighted by Crippen LogP contribution is -2.31. The molecule has 1 heterocycles. The van der Waals surface area contributed by atoms with Gasteiger partial charge in [-0.3, -0.25) is 4.79 Å². The lowest BCUT2D eigenvalue weighted by atomic mass is 10.1. The topological polar surface area (TPSA) is 82.6 Å². The highest BCUT2D eigenvalue weighted by atomic mass is 16.5. The molecule has 0 fully saturated rings. The predicted molar refractivity (Wildman–Crippen MR) is 94.2 cm³/mol. The number of ether oxygens (including phenoxy) is 1. The number of aromatic amines is 1. The number of H-pyrrole nitrogens is 1. The van der Waals surface area contributed by atoms with E-state index in [9.17, 15) is 14.7 Å². The molecule has 0 saturated heterocycles. The summed E-state index contributed by atoms with van der Waals surface area (Å²) in [6.07, 6.45) is -1.73. The number of hydrogen-bond donors (Lipinski definition) is 2. The van der Waals surface area contributed by atoms with Gasteiger partial charge in [-0.2, -0.15) is 0 Å². The first-order chi connectivity index (χ1) is 11.7. The number of nitrogens with zero attached hydrogens (tertiary/aromatic N) is 1. The van der Waals surface area contributed by atoms with Crippen LogP contribution in [0.2, 0.25) is 0 Å². The zero-order valence-electron chi connectivity index (χ0n) is 15.2. The Labute approximate surface area is 147 Å². The Morgan fingerprint density at radius 3 is 2.24 bits per heavy atom. The molecule has 1 amide bonds. The highest BCUT2D eigenvalue weighted by Crippen LogP contribution is 2.27. The first-order valence-electron chi connectivity index (χ1n) is 8.08. The van der Waals surface area contributed by atoms with Crippen molar-refractivity contribution in [3.63, 3.8) is 0 Å². The summed E-state index contributed by atoms with van der Waals surface area (Å²) in [6.45, 7) is 5.17. The average molecular weight is 344 g/mol. The summed E-state index contributed by atoms with van der Waals surface area (Å²) in [5.41, 5.74) is 2.85. The molecular weight excluding hydrogens is 320 g/mol. The summed E-state index contributed by atoms with van der Waals surface area (Å²) < 4.78 is 5.53. The molecule has 0 unspecified atom stereocenters. The van der Waals surface area contributed by atoms with Crippen molar-refractivity contribution in [2.24, 2.45) is 0 Å². The third kappa shape index (κ3) is 3.91. The summed E-state index contributed by atoms with van der Waals surface area (Å²) in [4.78, 5) is 29.5. The quantitative estimate of drug-likeness (QED) is 0.817. The minimum atomic E-state index is -1.03. The number of aliphatic hydroxyl groups is 1. The molecule has 1 aromatic carbocycles. The van der Waals surface area contributed by atoms with Gasteiger partial charge in [-0.15, -0.1) is 0 Å². The van der Waals surface area contributed by atoms with Crippen LogP contribution in [0.4, 0.5) is 0 Å². The van der Waals surface area contributed by atoms with Gasteiger partial charge in [-0.1, -0.05) is 30.3 Å². The van der Waals surface area contributed by atoms with E-state index in [0.29, 0.717) is 22.4 Å². The van der Waals surface area contributed by atoms with Crippen LogP contribution in [0.1, 0.15) is 52.0 Å². The molecule has 0 saturated carbocycles. The van der Waals surface area contributed by atoms with E-state index in [0.717, 1.165) is 0 Å². The zero-order chi connectivity index (χ0) is 18.7. The second-order valence-electron chi connectivity index (χ2n) is 6.27. The van der Waals surface area contributed by atoms with Gasteiger partial charge in [-0.25, -0.2) is 4.79 Å². The summed E-state index contributed by atoms with van der Waals surface area (Å²) in [5.74, 6) is -0.951. The largest absolute Gasteiger partial charge is 0.443 e. The first kappa shape index (κ1) is 18.7. The Kier molecular flexibility index (Phi) is 5.64. The maximum atomic E-state index is 12.7. The number of likely N-dealkylation sites (N-methyl/N-ethyl adjacent to an activating group) is 1. The van der Waals surface area contributed by atoms with Gasteiger partial charge < -0.3 is 19.7 Å². The van der Waals surface area contributed by atoms with Gasteiger partial charge in [0, 0.05) is 30.9 Å². The number of aliphatic hydroxyl groups excluding tert-OH is 1. The van der Waals surface area contributed by atoms with E-state index in [4.69, 9.17) is 4.74 Å². The van der Waals surface area contributed by atoms with Crippen molar-refractivity contribution < 1.29 is 19.4 Å². The van der Waals surface area contributed by atoms with Crippen LogP contribution in [-0.2, 0) is 9.53 Å². The Morgan fingerprint density at radius 1 is 1.16 bits per heavy atom. The molecule has 0 aliphatic rings. The monoisotopic (exact) mass is 344 g/mol. The molecule has 0 spiro atoms. The van der Waals surface area contributed by atoms with Crippen molar-refractivity contribution >= 4 is 11.9 Å². The number of carbonyl (C=O) groups excluding carboxylic acids is 2. The lowest BCUT2D eigenvalue weighted by molar-refractivity contribution is -0.138. The molecule has 0 radical (unpaired) electrons. The molecular formula is C19H24N2O4. The van der Waals surface area contributed by atoms with Gasteiger partial charge in [0.15, 0.2) is 0 Å². The Morgan fingerprint density at radius 2 is 1.76 bits per heavy atom. The number of aromatic nitrogens is 1. The van der Waals surface area contributed by atoms with Gasteiger partial charge in [0.1, 0.15) is 5.69 Å². The molecule has 25 heavy (non-hydrogen) atoms. The Balaban J connectivity index is 2.35. The fourth-order valence-corrected chi connectivity index (χ4v) is 2.88. The number of rotatable bonds is 5. The highest BCUT2D eigenvalue weighted by Gasteiger charge is 2.29. The number of nitrogens with one attached hydrogen (secondary N) is 1. The maximum absolute atomic E-state index is 12.7. The smallest absolute Gasteiger partial charge is 0.356 e. The van der Waals surface area contributed by atoms with Crippen molar-refractivity contribution in [3.8, 4) is 0 Å². The van der Waals surface area contributed by atoms with Crippen molar-refractivity contribution in [1.82, 2.24) is 9.88 Å². The van der Waals surface area contributed by atoms with Crippen LogP contribution in [0, 0.1) is 13.8 Å². The first-order valence-corrected chi connectivity index (χ1v) is 8.08. The van der Waals surface area contributed by atoms with E-state index in [-0.39, 0.29) is 11.6 Å². The Hall–Kier alpha value is -2.60. The van der Waals surface area contributed by atoms with Crippen molar-refractivity contribution in [2.75, 3.05) is 14.1 Å². The molecule has 2 aromatic rings. The molecule has 2 rings (SSSR count). The second kappa shape index (κ2) is 7.53. The number of hydrogen-bond acceptors (Lipinski definition) is 4. The third-order valence-electron chi connectivity index (χ3n) is 4.11. The fourth-order valence-electron chi connectivity index (χ4n) is 2.88. The maximum Gasteiger partial charge on any atom is 0.356 e. The van der Waals surface area contributed by atoms with Gasteiger partial charge in [0.2, 0.25) is 6.10 Å². The van der Waals surface area contributed by atoms with Crippen LogP contribution in [0.25, 0.3) is 0 Å². The number of carbonyl (C=O) groups is 2. The molecule has 1 aromatic heterocycles. The summed E-state index contributed by atoms with van der Waals surface area (Å²) in [7, 11) is 3.23. The van der Waals surface area contributed by atoms with E-state index in [1.807, 2.05) is 6.07 Å². The van der Waals surface area contributed by atoms with E-state index in [1.54, 1.807) is 59.1 Å². The van der Waals surface area contributed by atoms with Crippen LogP contribution in [0.5, 0.6) is 0 Å². The highest BCUT2D eigenvalue weighted by molar-refractivity contribution is 5.93. The number of esters is 1. The summed E-state index contributed by atoms with van der Waals surface area (Å²) >= 11 is 0. The average Bonchev–Trinajstić information content (AvgIpc) is 2.87. The van der Waals surface area contributed by atoms with Gasteiger partial charge in [0.25, 0.3) is 5.91 Å². The molecule has 6 nitrogen and oxygen atoms in total. The van der Waals surface area contributed by atoms with Crippen LogP contribution in [0.3, 0.4) is 0 Å². The number of aryl methyl sites for hydroxylation is 1. The minimum absolute atomic E-state index is 0.251. The molecule has 134 valence electrons. The molecule has 2 atom stereocenters. The van der Waals surface area contributed by atoms with E-state index in [2.05, 4.69) is 4.98 Å².